The Labute approximate surface area is 111 Å². The molecule has 0 radical (unpaired) electrons. The fourth-order valence-corrected chi connectivity index (χ4v) is 1.58. The molecule has 0 fully saturated rings. The summed E-state index contributed by atoms with van der Waals surface area (Å²) in [5.41, 5.74) is 0.769. The monoisotopic (exact) mass is 272 g/mol. The molecule has 0 aliphatic carbocycles. The fraction of sp³-hybridized carbons (Fsp3) is 0.500. The molecule has 0 aliphatic rings. The Kier molecular flexibility index (Phi) is 6.04. The van der Waals surface area contributed by atoms with Crippen LogP contribution in [0.25, 0.3) is 0 Å². The molecule has 1 aromatic carbocycles. The highest BCUT2D eigenvalue weighted by molar-refractivity contribution is 6.31. The minimum atomic E-state index is -0.429. The van der Waals surface area contributed by atoms with Gasteiger partial charge in [-0.2, -0.15) is 0 Å². The highest BCUT2D eigenvalue weighted by atomic mass is 35.5. The molecule has 0 saturated carbocycles. The maximum atomic E-state index is 10.6. The molecular weight excluding hydrogens is 256 g/mol. The Balaban J connectivity index is 2.46. The third-order valence-corrected chi connectivity index (χ3v) is 2.65. The average Bonchev–Trinajstić information content (AvgIpc) is 2.30. The molecule has 0 heterocycles. The number of nitro groups is 1. The molecule has 0 bridgehead atoms. The van der Waals surface area contributed by atoms with Gasteiger partial charge in [0.05, 0.1) is 17.6 Å². The quantitative estimate of drug-likeness (QED) is 0.471. The molecule has 0 atom stereocenters. The van der Waals surface area contributed by atoms with Gasteiger partial charge >= 0.3 is 0 Å². The van der Waals surface area contributed by atoms with Crippen LogP contribution in [0.5, 0.6) is 0 Å². The number of hydrogen-bond donors (Lipinski definition) is 1. The second kappa shape index (κ2) is 7.31. The van der Waals surface area contributed by atoms with Crippen LogP contribution in [-0.4, -0.2) is 24.2 Å². The Hall–Kier alpha value is -1.17. The summed E-state index contributed by atoms with van der Waals surface area (Å²) in [5.74, 6) is 0. The van der Waals surface area contributed by atoms with Gasteiger partial charge in [0.1, 0.15) is 0 Å². The van der Waals surface area contributed by atoms with Crippen LogP contribution >= 0.6 is 11.6 Å². The summed E-state index contributed by atoms with van der Waals surface area (Å²) in [6.45, 7) is 5.71. The van der Waals surface area contributed by atoms with E-state index in [0.717, 1.165) is 5.56 Å². The normalized spacial score (nSPS) is 10.9. The fourth-order valence-electron chi connectivity index (χ4n) is 1.40. The van der Waals surface area contributed by atoms with Crippen molar-refractivity contribution in [3.05, 3.63) is 38.9 Å². The molecule has 0 spiro atoms. The van der Waals surface area contributed by atoms with Gasteiger partial charge in [-0.1, -0.05) is 11.6 Å². The van der Waals surface area contributed by atoms with Gasteiger partial charge in [-0.3, -0.25) is 10.1 Å². The molecule has 1 aromatic rings. The first kappa shape index (κ1) is 14.9. The number of rotatable bonds is 7. The summed E-state index contributed by atoms with van der Waals surface area (Å²) in [7, 11) is 0. The van der Waals surface area contributed by atoms with Gasteiger partial charge < -0.3 is 10.1 Å². The minimum Gasteiger partial charge on any atom is -0.377 e. The van der Waals surface area contributed by atoms with Gasteiger partial charge in [0, 0.05) is 30.2 Å². The zero-order valence-corrected chi connectivity index (χ0v) is 11.2. The van der Waals surface area contributed by atoms with Crippen molar-refractivity contribution in [3.63, 3.8) is 0 Å². The van der Waals surface area contributed by atoms with Crippen molar-refractivity contribution in [2.24, 2.45) is 0 Å². The molecule has 1 rings (SSSR count). The number of benzene rings is 1. The molecule has 0 aliphatic heterocycles. The molecule has 5 nitrogen and oxygen atoms in total. The van der Waals surface area contributed by atoms with E-state index in [2.05, 4.69) is 5.32 Å². The van der Waals surface area contributed by atoms with Crippen molar-refractivity contribution in [1.82, 2.24) is 5.32 Å². The molecule has 0 amide bonds. The smallest absolute Gasteiger partial charge is 0.269 e. The van der Waals surface area contributed by atoms with E-state index in [1.807, 2.05) is 13.8 Å². The van der Waals surface area contributed by atoms with Crippen molar-refractivity contribution < 1.29 is 9.66 Å². The Bertz CT molecular complexity index is 410. The van der Waals surface area contributed by atoms with Gasteiger partial charge in [-0.25, -0.2) is 0 Å². The van der Waals surface area contributed by atoms with E-state index in [9.17, 15) is 10.1 Å². The summed E-state index contributed by atoms with van der Waals surface area (Å²) >= 11 is 5.97. The maximum Gasteiger partial charge on any atom is 0.269 e. The van der Waals surface area contributed by atoms with E-state index < -0.39 is 4.92 Å². The van der Waals surface area contributed by atoms with Crippen LogP contribution in [0.1, 0.15) is 19.4 Å². The molecule has 6 heteroatoms. The summed E-state index contributed by atoms with van der Waals surface area (Å²) < 4.78 is 5.37. The molecule has 0 saturated heterocycles. The minimum absolute atomic E-state index is 0.0506. The lowest BCUT2D eigenvalue weighted by atomic mass is 10.2. The first-order valence-corrected chi connectivity index (χ1v) is 6.13. The number of ether oxygens (including phenoxy) is 1. The molecule has 0 aromatic heterocycles. The van der Waals surface area contributed by atoms with Gasteiger partial charge in [-0.15, -0.1) is 0 Å². The summed E-state index contributed by atoms with van der Waals surface area (Å²) in [6, 6.07) is 4.42. The van der Waals surface area contributed by atoms with Gasteiger partial charge in [0.25, 0.3) is 5.69 Å². The largest absolute Gasteiger partial charge is 0.377 e. The molecule has 18 heavy (non-hydrogen) atoms. The zero-order chi connectivity index (χ0) is 13.5. The van der Waals surface area contributed by atoms with Crippen LogP contribution in [0.2, 0.25) is 5.02 Å². The predicted molar refractivity (Wildman–Crippen MR) is 70.9 cm³/mol. The van der Waals surface area contributed by atoms with E-state index in [1.54, 1.807) is 6.07 Å². The first-order valence-electron chi connectivity index (χ1n) is 5.76. The topological polar surface area (TPSA) is 64.4 Å². The highest BCUT2D eigenvalue weighted by Gasteiger charge is 2.09. The van der Waals surface area contributed by atoms with Crippen molar-refractivity contribution in [1.29, 1.82) is 0 Å². The van der Waals surface area contributed by atoms with Crippen LogP contribution in [-0.2, 0) is 11.3 Å². The van der Waals surface area contributed by atoms with Crippen LogP contribution in [0.3, 0.4) is 0 Å². The third kappa shape index (κ3) is 5.00. The highest BCUT2D eigenvalue weighted by Crippen LogP contribution is 2.21. The number of non-ortho nitro benzene ring substituents is 1. The summed E-state index contributed by atoms with van der Waals surface area (Å²) in [4.78, 5) is 10.2. The van der Waals surface area contributed by atoms with Crippen LogP contribution in [0, 0.1) is 10.1 Å². The lowest BCUT2D eigenvalue weighted by Gasteiger charge is -2.09. The lowest BCUT2D eigenvalue weighted by molar-refractivity contribution is -0.384. The number of halogens is 1. The summed E-state index contributed by atoms with van der Waals surface area (Å²) in [5, 5.41) is 14.3. The second-order valence-electron chi connectivity index (χ2n) is 4.13. The first-order chi connectivity index (χ1) is 8.50. The van der Waals surface area contributed by atoms with Crippen molar-refractivity contribution >= 4 is 17.3 Å². The van der Waals surface area contributed by atoms with Crippen LogP contribution < -0.4 is 5.32 Å². The second-order valence-corrected chi connectivity index (χ2v) is 4.54. The van der Waals surface area contributed by atoms with Crippen LogP contribution in [0.4, 0.5) is 5.69 Å². The standard InChI is InChI=1S/C12H17ClN2O3/c1-9(2)18-6-5-14-8-10-7-11(15(16)17)3-4-12(10)13/h3-4,7,9,14H,5-6,8H2,1-2H3. The number of nitrogens with one attached hydrogen (secondary N) is 1. The predicted octanol–water partition coefficient (Wildman–Crippen LogP) is 2.76. The van der Waals surface area contributed by atoms with Gasteiger partial charge in [0.2, 0.25) is 0 Å². The van der Waals surface area contributed by atoms with Gasteiger partial charge in [0.15, 0.2) is 0 Å². The van der Waals surface area contributed by atoms with Gasteiger partial charge in [-0.05, 0) is 25.5 Å². The number of hydrogen-bond acceptors (Lipinski definition) is 4. The maximum absolute atomic E-state index is 10.6. The van der Waals surface area contributed by atoms with E-state index in [4.69, 9.17) is 16.3 Å². The average molecular weight is 273 g/mol. The molecular formula is C12H17ClN2O3. The Morgan fingerprint density at radius 2 is 2.22 bits per heavy atom. The van der Waals surface area contributed by atoms with E-state index in [-0.39, 0.29) is 11.8 Å². The van der Waals surface area contributed by atoms with E-state index >= 15 is 0 Å². The molecule has 0 unspecified atom stereocenters. The Morgan fingerprint density at radius 3 is 2.83 bits per heavy atom. The van der Waals surface area contributed by atoms with Crippen molar-refractivity contribution in [2.75, 3.05) is 13.2 Å². The van der Waals surface area contributed by atoms with E-state index in [1.165, 1.54) is 12.1 Å². The molecule has 1 N–H and O–H groups in total. The van der Waals surface area contributed by atoms with Crippen molar-refractivity contribution in [3.8, 4) is 0 Å². The zero-order valence-electron chi connectivity index (χ0n) is 10.5. The molecule has 100 valence electrons. The van der Waals surface area contributed by atoms with Crippen LogP contribution in [0.15, 0.2) is 18.2 Å². The SMILES string of the molecule is CC(C)OCCNCc1cc([N+](=O)[O-])ccc1Cl. The lowest BCUT2D eigenvalue weighted by Crippen LogP contribution is -2.21. The Morgan fingerprint density at radius 1 is 1.50 bits per heavy atom. The summed E-state index contributed by atoms with van der Waals surface area (Å²) in [6.07, 6.45) is 0.202. The van der Waals surface area contributed by atoms with E-state index in [0.29, 0.717) is 24.7 Å². The number of nitro benzene ring substituents is 1. The third-order valence-electron chi connectivity index (χ3n) is 2.29. The number of nitrogens with zero attached hydrogens (tertiary/aromatic N) is 1. The van der Waals surface area contributed by atoms with Crippen molar-refractivity contribution in [2.45, 2.75) is 26.5 Å².